The first kappa shape index (κ1) is 12.1. The monoisotopic (exact) mass is 241 g/mol. The predicted octanol–water partition coefficient (Wildman–Crippen LogP) is 3.01. The highest BCUT2D eigenvalue weighted by molar-refractivity contribution is 5.47. The van der Waals surface area contributed by atoms with Gasteiger partial charge in [0.05, 0.1) is 5.69 Å². The summed E-state index contributed by atoms with van der Waals surface area (Å²) in [6.45, 7) is 2.36. The molecule has 0 amide bonds. The van der Waals surface area contributed by atoms with E-state index in [2.05, 4.69) is 10.3 Å². The molecule has 1 heterocycles. The van der Waals surface area contributed by atoms with Crippen molar-refractivity contribution in [1.82, 2.24) is 4.98 Å². The van der Waals surface area contributed by atoms with E-state index in [1.165, 1.54) is 6.07 Å². The quantitative estimate of drug-likeness (QED) is 0.898. The van der Waals surface area contributed by atoms with Crippen molar-refractivity contribution in [3.63, 3.8) is 0 Å². The zero-order valence-electron chi connectivity index (χ0n) is 9.94. The fourth-order valence-corrected chi connectivity index (χ4v) is 1.62. The van der Waals surface area contributed by atoms with Crippen LogP contribution in [0.15, 0.2) is 36.5 Å². The Hall–Kier alpha value is -2.41. The Morgan fingerprint density at radius 3 is 2.94 bits per heavy atom. The van der Waals surface area contributed by atoms with Gasteiger partial charge in [0.2, 0.25) is 0 Å². The lowest BCUT2D eigenvalue weighted by Gasteiger charge is -2.08. The van der Waals surface area contributed by atoms with Gasteiger partial charge in [-0.25, -0.2) is 9.37 Å². The summed E-state index contributed by atoms with van der Waals surface area (Å²) in [5.74, 6) is -0.282. The van der Waals surface area contributed by atoms with Gasteiger partial charge in [0.1, 0.15) is 17.6 Å². The zero-order valence-corrected chi connectivity index (χ0v) is 9.94. The highest BCUT2D eigenvalue weighted by atomic mass is 19.1. The number of nitrogens with zero attached hydrogens (tertiary/aromatic N) is 2. The van der Waals surface area contributed by atoms with Crippen molar-refractivity contribution in [2.24, 2.45) is 0 Å². The first-order valence-electron chi connectivity index (χ1n) is 5.54. The highest BCUT2D eigenvalue weighted by Gasteiger charge is 2.02. The van der Waals surface area contributed by atoms with Crippen molar-refractivity contribution in [2.45, 2.75) is 13.5 Å². The van der Waals surface area contributed by atoms with Gasteiger partial charge in [0.15, 0.2) is 0 Å². The summed E-state index contributed by atoms with van der Waals surface area (Å²) >= 11 is 0. The van der Waals surface area contributed by atoms with E-state index in [1.54, 1.807) is 30.5 Å². The van der Waals surface area contributed by atoms with E-state index in [9.17, 15) is 4.39 Å². The molecule has 0 unspecified atom stereocenters. The topological polar surface area (TPSA) is 48.7 Å². The van der Waals surface area contributed by atoms with E-state index in [1.807, 2.05) is 13.0 Å². The Kier molecular flexibility index (Phi) is 3.54. The van der Waals surface area contributed by atoms with Gasteiger partial charge >= 0.3 is 0 Å². The van der Waals surface area contributed by atoms with E-state index in [4.69, 9.17) is 5.26 Å². The van der Waals surface area contributed by atoms with Crippen LogP contribution in [0, 0.1) is 24.1 Å². The number of rotatable bonds is 3. The van der Waals surface area contributed by atoms with Gasteiger partial charge in [-0.15, -0.1) is 0 Å². The molecule has 0 atom stereocenters. The van der Waals surface area contributed by atoms with E-state index >= 15 is 0 Å². The van der Waals surface area contributed by atoms with Crippen LogP contribution in [0.25, 0.3) is 0 Å². The lowest BCUT2D eigenvalue weighted by molar-refractivity contribution is 0.629. The average Bonchev–Trinajstić information content (AvgIpc) is 2.40. The molecule has 2 rings (SSSR count). The van der Waals surface area contributed by atoms with E-state index in [0.717, 1.165) is 11.1 Å². The van der Waals surface area contributed by atoms with Crippen LogP contribution in [0.5, 0.6) is 0 Å². The molecule has 90 valence electrons. The second kappa shape index (κ2) is 5.28. The van der Waals surface area contributed by atoms with Crippen molar-refractivity contribution >= 4 is 5.69 Å². The third-order valence-electron chi connectivity index (χ3n) is 2.54. The van der Waals surface area contributed by atoms with E-state index in [-0.39, 0.29) is 5.82 Å². The first-order valence-corrected chi connectivity index (χ1v) is 5.54. The summed E-state index contributed by atoms with van der Waals surface area (Å²) in [5.41, 5.74) is 2.71. The molecule has 0 fully saturated rings. The van der Waals surface area contributed by atoms with Crippen LogP contribution >= 0.6 is 0 Å². The SMILES string of the molecule is Cc1ccc(F)c(NCc2ccnc(C#N)c2)c1. The molecule has 0 aliphatic heterocycles. The van der Waals surface area contributed by atoms with Crippen molar-refractivity contribution < 1.29 is 4.39 Å². The molecule has 0 radical (unpaired) electrons. The van der Waals surface area contributed by atoms with Gasteiger partial charge in [-0.2, -0.15) is 5.26 Å². The molecule has 0 bridgehead atoms. The Bertz CT molecular complexity index is 602. The summed E-state index contributed by atoms with van der Waals surface area (Å²) in [5, 5.41) is 11.7. The fraction of sp³-hybridized carbons (Fsp3) is 0.143. The number of anilines is 1. The molecule has 3 nitrogen and oxygen atoms in total. The lowest BCUT2D eigenvalue weighted by Crippen LogP contribution is -2.02. The molecule has 0 saturated carbocycles. The van der Waals surface area contributed by atoms with Gasteiger partial charge in [-0.1, -0.05) is 6.07 Å². The molecule has 1 aromatic carbocycles. The summed E-state index contributed by atoms with van der Waals surface area (Å²) in [6.07, 6.45) is 1.57. The number of hydrogen-bond acceptors (Lipinski definition) is 3. The number of benzene rings is 1. The minimum Gasteiger partial charge on any atom is -0.379 e. The molecule has 0 aliphatic rings. The second-order valence-corrected chi connectivity index (χ2v) is 4.00. The maximum Gasteiger partial charge on any atom is 0.146 e. The predicted molar refractivity (Wildman–Crippen MR) is 67.4 cm³/mol. The zero-order chi connectivity index (χ0) is 13.0. The molecule has 4 heteroatoms. The molecule has 0 aliphatic carbocycles. The van der Waals surface area contributed by atoms with Gasteiger partial charge in [0, 0.05) is 12.7 Å². The third kappa shape index (κ3) is 2.83. The Morgan fingerprint density at radius 1 is 1.33 bits per heavy atom. The highest BCUT2D eigenvalue weighted by Crippen LogP contribution is 2.16. The fourth-order valence-electron chi connectivity index (χ4n) is 1.62. The lowest BCUT2D eigenvalue weighted by atomic mass is 10.2. The number of halogens is 1. The number of nitriles is 1. The molecule has 0 saturated heterocycles. The molecule has 2 aromatic rings. The Balaban J connectivity index is 2.11. The van der Waals surface area contributed by atoms with Crippen molar-refractivity contribution in [1.29, 1.82) is 5.26 Å². The minimum absolute atomic E-state index is 0.282. The maximum absolute atomic E-state index is 13.5. The standard InChI is InChI=1S/C14H12FN3/c1-10-2-3-13(15)14(6-10)18-9-11-4-5-17-12(7-11)8-16/h2-7,18H,9H2,1H3. The maximum atomic E-state index is 13.5. The van der Waals surface area contributed by atoms with Crippen LogP contribution in [0.4, 0.5) is 10.1 Å². The summed E-state index contributed by atoms with van der Waals surface area (Å²) < 4.78 is 13.5. The molecular weight excluding hydrogens is 229 g/mol. The van der Waals surface area contributed by atoms with Gasteiger partial charge < -0.3 is 5.32 Å². The third-order valence-corrected chi connectivity index (χ3v) is 2.54. The normalized spacial score (nSPS) is 9.83. The van der Waals surface area contributed by atoms with E-state index in [0.29, 0.717) is 17.9 Å². The van der Waals surface area contributed by atoms with Gasteiger partial charge in [-0.3, -0.25) is 0 Å². The summed E-state index contributed by atoms with van der Waals surface area (Å²) in [7, 11) is 0. The van der Waals surface area contributed by atoms with E-state index < -0.39 is 0 Å². The summed E-state index contributed by atoms with van der Waals surface area (Å²) in [4.78, 5) is 3.88. The van der Waals surface area contributed by atoms with Crippen molar-refractivity contribution in [3.05, 3.63) is 59.2 Å². The number of nitrogens with one attached hydrogen (secondary N) is 1. The molecule has 18 heavy (non-hydrogen) atoms. The van der Waals surface area contributed by atoms with Crippen LogP contribution in [0.3, 0.4) is 0 Å². The molecular formula is C14H12FN3. The second-order valence-electron chi connectivity index (χ2n) is 4.00. The average molecular weight is 241 g/mol. The number of hydrogen-bond donors (Lipinski definition) is 1. The van der Waals surface area contributed by atoms with Crippen molar-refractivity contribution in [3.8, 4) is 6.07 Å². The van der Waals surface area contributed by atoms with Crippen LogP contribution in [-0.2, 0) is 6.54 Å². The van der Waals surface area contributed by atoms with Crippen LogP contribution in [-0.4, -0.2) is 4.98 Å². The largest absolute Gasteiger partial charge is 0.379 e. The first-order chi connectivity index (χ1) is 8.69. The number of aromatic nitrogens is 1. The van der Waals surface area contributed by atoms with Crippen LogP contribution in [0.2, 0.25) is 0 Å². The number of pyridine rings is 1. The van der Waals surface area contributed by atoms with Crippen LogP contribution < -0.4 is 5.32 Å². The molecule has 0 spiro atoms. The van der Waals surface area contributed by atoms with Crippen LogP contribution in [0.1, 0.15) is 16.8 Å². The summed E-state index contributed by atoms with van der Waals surface area (Å²) in [6, 6.07) is 10.4. The Morgan fingerprint density at radius 2 is 2.17 bits per heavy atom. The van der Waals surface area contributed by atoms with Gasteiger partial charge in [0.25, 0.3) is 0 Å². The van der Waals surface area contributed by atoms with Crippen molar-refractivity contribution in [2.75, 3.05) is 5.32 Å². The molecule has 1 aromatic heterocycles. The van der Waals surface area contributed by atoms with Gasteiger partial charge in [-0.05, 0) is 42.3 Å². The Labute approximate surface area is 105 Å². The number of aryl methyl sites for hydroxylation is 1. The minimum atomic E-state index is -0.282. The molecule has 1 N–H and O–H groups in total. The smallest absolute Gasteiger partial charge is 0.146 e.